The molecule has 5 rings (SSSR count). The maximum absolute atomic E-state index is 6.64. The Labute approximate surface area is 157 Å². The third-order valence-corrected chi connectivity index (χ3v) is 5.98. The number of nitrogens with zero attached hydrogens (tertiary/aromatic N) is 3. The van der Waals surface area contributed by atoms with Gasteiger partial charge in [-0.3, -0.25) is 9.98 Å². The second-order valence-electron chi connectivity index (χ2n) is 7.38. The molecule has 1 spiro atoms. The predicted molar refractivity (Wildman–Crippen MR) is 106 cm³/mol. The fourth-order valence-electron chi connectivity index (χ4n) is 4.21. The van der Waals surface area contributed by atoms with E-state index in [9.17, 15) is 0 Å². The second-order valence-corrected chi connectivity index (χ2v) is 7.82. The molecule has 0 bridgehead atoms. The maximum atomic E-state index is 6.64. The average molecular weight is 364 g/mol. The van der Waals surface area contributed by atoms with Gasteiger partial charge in [0.15, 0.2) is 0 Å². The Morgan fingerprint density at radius 3 is 2.81 bits per heavy atom. The Kier molecular flexibility index (Phi) is 3.00. The normalized spacial score (nSPS) is 22.4. The van der Waals surface area contributed by atoms with Crippen LogP contribution < -0.4 is 9.64 Å². The van der Waals surface area contributed by atoms with Gasteiger partial charge in [-0.05, 0) is 61.9 Å². The zero-order valence-electron chi connectivity index (χ0n) is 14.8. The highest BCUT2D eigenvalue weighted by Crippen LogP contribution is 2.54. The number of rotatable bonds is 0. The molecule has 3 heterocycles. The van der Waals surface area contributed by atoms with E-state index in [2.05, 4.69) is 23.7 Å². The molecule has 1 atom stereocenters. The van der Waals surface area contributed by atoms with E-state index in [0.717, 1.165) is 38.6 Å². The van der Waals surface area contributed by atoms with Crippen LogP contribution in [0.1, 0.15) is 19.4 Å². The predicted octanol–water partition coefficient (Wildman–Crippen LogP) is 5.11. The third-order valence-electron chi connectivity index (χ3n) is 5.74. The van der Waals surface area contributed by atoms with Crippen molar-refractivity contribution in [2.24, 2.45) is 4.99 Å². The lowest BCUT2D eigenvalue weighted by Crippen LogP contribution is -2.61. The molecule has 0 saturated carbocycles. The molecule has 3 aromatic rings. The lowest BCUT2D eigenvalue weighted by atomic mass is 9.77. The smallest absolute Gasteiger partial charge is 0.228 e. The van der Waals surface area contributed by atoms with Crippen LogP contribution in [0.2, 0.25) is 5.02 Å². The molecule has 1 aromatic heterocycles. The second kappa shape index (κ2) is 4.98. The van der Waals surface area contributed by atoms with Crippen LogP contribution in [-0.4, -0.2) is 24.0 Å². The molecule has 5 heteroatoms. The lowest BCUT2D eigenvalue weighted by molar-refractivity contribution is 0.0826. The van der Waals surface area contributed by atoms with Gasteiger partial charge in [0, 0.05) is 29.3 Å². The summed E-state index contributed by atoms with van der Waals surface area (Å²) in [7, 11) is 2.04. The Bertz CT molecular complexity index is 1090. The van der Waals surface area contributed by atoms with E-state index in [-0.39, 0.29) is 5.41 Å². The van der Waals surface area contributed by atoms with Crippen LogP contribution in [0.4, 0.5) is 11.4 Å². The minimum atomic E-state index is -0.705. The monoisotopic (exact) mass is 363 g/mol. The Morgan fingerprint density at radius 1 is 1.12 bits per heavy atom. The van der Waals surface area contributed by atoms with Crippen molar-refractivity contribution in [2.45, 2.75) is 25.0 Å². The van der Waals surface area contributed by atoms with Gasteiger partial charge in [0.2, 0.25) is 5.72 Å². The first kappa shape index (κ1) is 15.6. The fraction of sp³-hybridized carbons (Fsp3) is 0.238. The largest absolute Gasteiger partial charge is 0.459 e. The van der Waals surface area contributed by atoms with E-state index in [0.29, 0.717) is 0 Å². The highest BCUT2D eigenvalue weighted by Gasteiger charge is 2.58. The van der Waals surface area contributed by atoms with Gasteiger partial charge >= 0.3 is 0 Å². The number of aromatic nitrogens is 1. The molecule has 0 amide bonds. The van der Waals surface area contributed by atoms with Gasteiger partial charge in [0.1, 0.15) is 11.4 Å². The summed E-state index contributed by atoms with van der Waals surface area (Å²) in [6.45, 7) is 4.34. The molecule has 0 aliphatic carbocycles. The highest BCUT2D eigenvalue weighted by atomic mass is 35.5. The number of anilines is 1. The van der Waals surface area contributed by atoms with Crippen molar-refractivity contribution in [3.05, 3.63) is 59.2 Å². The van der Waals surface area contributed by atoms with Crippen molar-refractivity contribution in [1.82, 2.24) is 4.98 Å². The van der Waals surface area contributed by atoms with E-state index in [1.54, 1.807) is 6.20 Å². The molecule has 2 aromatic carbocycles. The number of hydrogen-bond acceptors (Lipinski definition) is 4. The topological polar surface area (TPSA) is 37.7 Å². The van der Waals surface area contributed by atoms with E-state index in [4.69, 9.17) is 21.3 Å². The van der Waals surface area contributed by atoms with Crippen LogP contribution in [-0.2, 0) is 5.41 Å². The number of ether oxygens (including phenoxy) is 1. The van der Waals surface area contributed by atoms with E-state index in [1.165, 1.54) is 0 Å². The summed E-state index contributed by atoms with van der Waals surface area (Å²) in [4.78, 5) is 11.4. The lowest BCUT2D eigenvalue weighted by Gasteiger charge is -2.44. The molecule has 0 fully saturated rings. The summed E-state index contributed by atoms with van der Waals surface area (Å²) >= 11 is 6.27. The number of likely N-dealkylation sites (N-methyl/N-ethyl adjacent to an activating group) is 1. The molecule has 0 saturated heterocycles. The zero-order valence-corrected chi connectivity index (χ0v) is 15.6. The van der Waals surface area contributed by atoms with Gasteiger partial charge in [-0.2, -0.15) is 0 Å². The molecular weight excluding hydrogens is 346 g/mol. The zero-order chi connectivity index (χ0) is 18.1. The van der Waals surface area contributed by atoms with Crippen LogP contribution in [0.3, 0.4) is 0 Å². The number of aliphatic imine (C=N–C) groups is 1. The Morgan fingerprint density at radius 2 is 1.96 bits per heavy atom. The first-order chi connectivity index (χ1) is 12.4. The van der Waals surface area contributed by atoms with Gasteiger partial charge in [0.05, 0.1) is 17.1 Å². The Hall–Kier alpha value is -2.59. The molecule has 2 aliphatic heterocycles. The van der Waals surface area contributed by atoms with E-state index >= 15 is 0 Å². The number of fused-ring (bicyclic) bond motifs is 4. The molecule has 0 radical (unpaired) electrons. The molecule has 130 valence electrons. The minimum absolute atomic E-state index is 0.326. The minimum Gasteiger partial charge on any atom is -0.459 e. The summed E-state index contributed by atoms with van der Waals surface area (Å²) in [5.74, 6) is 0.770. The van der Waals surface area contributed by atoms with E-state index in [1.807, 2.05) is 55.7 Å². The molecule has 0 N–H and O–H groups in total. The van der Waals surface area contributed by atoms with Crippen molar-refractivity contribution < 1.29 is 4.74 Å². The van der Waals surface area contributed by atoms with Crippen LogP contribution >= 0.6 is 11.6 Å². The quantitative estimate of drug-likeness (QED) is 0.557. The van der Waals surface area contributed by atoms with Crippen molar-refractivity contribution in [1.29, 1.82) is 0 Å². The number of halogens is 1. The van der Waals surface area contributed by atoms with Crippen LogP contribution in [0.15, 0.2) is 53.7 Å². The molecule has 1 unspecified atom stereocenters. The number of benzene rings is 2. The number of pyridine rings is 1. The molecular formula is C21H18ClN3O. The molecule has 26 heavy (non-hydrogen) atoms. The van der Waals surface area contributed by atoms with Gasteiger partial charge in [-0.1, -0.05) is 11.6 Å². The van der Waals surface area contributed by atoms with Crippen LogP contribution in [0.25, 0.3) is 10.9 Å². The van der Waals surface area contributed by atoms with Gasteiger partial charge < -0.3 is 9.64 Å². The van der Waals surface area contributed by atoms with Gasteiger partial charge in [0.25, 0.3) is 0 Å². The standard InChI is InChI=1S/C21H18ClN3O/c1-20(2)15-11-13(22)6-8-17(15)25(3)21(20)12-24-19-14-5-4-10-23-16(14)7-9-18(19)26-21/h4-12H,1-3H3. The molecule has 2 aliphatic rings. The van der Waals surface area contributed by atoms with Crippen molar-refractivity contribution in [3.63, 3.8) is 0 Å². The van der Waals surface area contributed by atoms with Gasteiger partial charge in [-0.25, -0.2) is 0 Å². The first-order valence-corrected chi connectivity index (χ1v) is 8.98. The summed E-state index contributed by atoms with van der Waals surface area (Å²) in [5, 5.41) is 1.72. The van der Waals surface area contributed by atoms with Crippen LogP contribution in [0, 0.1) is 0 Å². The average Bonchev–Trinajstić information content (AvgIpc) is 2.80. The highest BCUT2D eigenvalue weighted by molar-refractivity contribution is 6.30. The molecule has 4 nitrogen and oxygen atoms in total. The SMILES string of the molecule is CN1c2ccc(Cl)cc2C(C)(C)C12C=Nc1c(ccc3ncccc13)O2. The first-order valence-electron chi connectivity index (χ1n) is 8.60. The maximum Gasteiger partial charge on any atom is 0.228 e. The van der Waals surface area contributed by atoms with Crippen molar-refractivity contribution >= 4 is 40.1 Å². The van der Waals surface area contributed by atoms with Crippen molar-refractivity contribution in [2.75, 3.05) is 11.9 Å². The summed E-state index contributed by atoms with van der Waals surface area (Å²) in [6, 6.07) is 13.9. The summed E-state index contributed by atoms with van der Waals surface area (Å²) in [5.41, 5.74) is 2.98. The fourth-order valence-corrected chi connectivity index (χ4v) is 4.39. The Balaban J connectivity index is 1.71. The number of hydrogen-bond donors (Lipinski definition) is 0. The third kappa shape index (κ3) is 1.80. The van der Waals surface area contributed by atoms with Gasteiger partial charge in [-0.15, -0.1) is 0 Å². The van der Waals surface area contributed by atoms with Crippen molar-refractivity contribution in [3.8, 4) is 5.75 Å². The summed E-state index contributed by atoms with van der Waals surface area (Å²) in [6.07, 6.45) is 3.72. The van der Waals surface area contributed by atoms with Crippen LogP contribution in [0.5, 0.6) is 5.75 Å². The summed E-state index contributed by atoms with van der Waals surface area (Å²) < 4.78 is 6.64. The van der Waals surface area contributed by atoms with E-state index < -0.39 is 5.72 Å².